The Morgan fingerprint density at radius 3 is 2.73 bits per heavy atom. The number of hydrogen-bond donors (Lipinski definition) is 0. The van der Waals surface area contributed by atoms with Gasteiger partial charge in [0.05, 0.1) is 24.0 Å². The van der Waals surface area contributed by atoms with Gasteiger partial charge < -0.3 is 14.3 Å². The largest absolute Gasteiger partial charge is 0.497 e. The molecule has 0 radical (unpaired) electrons. The summed E-state index contributed by atoms with van der Waals surface area (Å²) in [5, 5.41) is 7.70. The van der Waals surface area contributed by atoms with Crippen molar-refractivity contribution < 1.29 is 19.1 Å². The molecule has 0 amide bonds. The molecule has 0 fully saturated rings. The average molecular weight is 415 g/mol. The summed E-state index contributed by atoms with van der Waals surface area (Å²) in [5.41, 5.74) is 0.850. The zero-order chi connectivity index (χ0) is 16.1. The first-order valence-corrected chi connectivity index (χ1v) is 7.29. The highest BCUT2D eigenvalue weighted by Gasteiger charge is 2.16. The lowest BCUT2D eigenvalue weighted by Gasteiger charge is -2.06. The molecule has 7 nitrogen and oxygen atoms in total. The lowest BCUT2D eigenvalue weighted by molar-refractivity contribution is 0.0510. The molecular formula is C14H14IN3O4. The SMILES string of the molecule is COc1ccc(OC)c(C=NOC(=O)c2nn(C)cc2I)c1. The fourth-order valence-corrected chi connectivity index (χ4v) is 2.44. The minimum atomic E-state index is -0.622. The van der Waals surface area contributed by atoms with E-state index >= 15 is 0 Å². The fraction of sp³-hybridized carbons (Fsp3) is 0.214. The molecular weight excluding hydrogens is 401 g/mol. The molecule has 0 N–H and O–H groups in total. The molecule has 1 aromatic heterocycles. The van der Waals surface area contributed by atoms with Gasteiger partial charge in [0, 0.05) is 18.8 Å². The first kappa shape index (κ1) is 16.3. The highest BCUT2D eigenvalue weighted by atomic mass is 127. The number of halogens is 1. The second-order valence-corrected chi connectivity index (χ2v) is 5.38. The molecule has 0 aliphatic rings. The molecule has 0 aliphatic carbocycles. The van der Waals surface area contributed by atoms with Crippen LogP contribution in [0.5, 0.6) is 11.5 Å². The first-order valence-electron chi connectivity index (χ1n) is 6.21. The predicted molar refractivity (Wildman–Crippen MR) is 88.5 cm³/mol. The number of ether oxygens (including phenoxy) is 2. The van der Waals surface area contributed by atoms with Crippen LogP contribution in [0.3, 0.4) is 0 Å². The second-order valence-electron chi connectivity index (χ2n) is 4.22. The van der Waals surface area contributed by atoms with Crippen molar-refractivity contribution in [1.82, 2.24) is 9.78 Å². The zero-order valence-electron chi connectivity index (χ0n) is 12.2. The van der Waals surface area contributed by atoms with Crippen LogP contribution in [0.15, 0.2) is 29.6 Å². The third-order valence-corrected chi connectivity index (χ3v) is 3.53. The van der Waals surface area contributed by atoms with Crippen molar-refractivity contribution in [2.24, 2.45) is 12.2 Å². The Morgan fingerprint density at radius 2 is 2.14 bits per heavy atom. The van der Waals surface area contributed by atoms with E-state index in [4.69, 9.17) is 14.3 Å². The summed E-state index contributed by atoms with van der Waals surface area (Å²) in [6.45, 7) is 0. The number of methoxy groups -OCH3 is 2. The molecule has 1 aromatic carbocycles. The van der Waals surface area contributed by atoms with Crippen LogP contribution in [0.1, 0.15) is 16.1 Å². The smallest absolute Gasteiger partial charge is 0.386 e. The van der Waals surface area contributed by atoms with Crippen molar-refractivity contribution in [3.8, 4) is 11.5 Å². The molecule has 0 unspecified atom stereocenters. The number of aromatic nitrogens is 2. The average Bonchev–Trinajstić information content (AvgIpc) is 2.85. The number of carbonyl (C=O) groups is 1. The fourth-order valence-electron chi connectivity index (χ4n) is 1.71. The van der Waals surface area contributed by atoms with E-state index in [9.17, 15) is 4.79 Å². The van der Waals surface area contributed by atoms with Gasteiger partial charge in [-0.1, -0.05) is 5.16 Å². The maximum absolute atomic E-state index is 11.9. The molecule has 1 heterocycles. The lowest BCUT2D eigenvalue weighted by Crippen LogP contribution is -2.05. The third kappa shape index (κ3) is 3.75. The third-order valence-electron chi connectivity index (χ3n) is 2.74. The van der Waals surface area contributed by atoms with Gasteiger partial charge in [0.1, 0.15) is 11.5 Å². The van der Waals surface area contributed by atoms with E-state index in [1.165, 1.54) is 10.9 Å². The van der Waals surface area contributed by atoms with Gasteiger partial charge in [-0.15, -0.1) is 0 Å². The van der Waals surface area contributed by atoms with E-state index in [0.717, 1.165) is 0 Å². The standard InChI is InChI=1S/C14H14IN3O4/c1-18-8-11(15)13(17-18)14(19)22-16-7-9-6-10(20-2)4-5-12(9)21-3/h4-8H,1-3H3. The number of hydrogen-bond acceptors (Lipinski definition) is 6. The van der Waals surface area contributed by atoms with E-state index in [1.54, 1.807) is 45.7 Å². The number of aryl methyl sites for hydroxylation is 1. The molecule has 0 saturated carbocycles. The molecule has 22 heavy (non-hydrogen) atoms. The highest BCUT2D eigenvalue weighted by molar-refractivity contribution is 14.1. The Hall–Kier alpha value is -2.10. The maximum atomic E-state index is 11.9. The number of carbonyl (C=O) groups excluding carboxylic acids is 1. The van der Waals surface area contributed by atoms with Crippen molar-refractivity contribution in [1.29, 1.82) is 0 Å². The molecule has 0 spiro atoms. The van der Waals surface area contributed by atoms with Crippen LogP contribution in [0.4, 0.5) is 0 Å². The zero-order valence-corrected chi connectivity index (χ0v) is 14.4. The number of benzene rings is 1. The van der Waals surface area contributed by atoms with Gasteiger partial charge in [-0.3, -0.25) is 4.68 Å². The van der Waals surface area contributed by atoms with Crippen molar-refractivity contribution >= 4 is 34.8 Å². The van der Waals surface area contributed by atoms with E-state index in [2.05, 4.69) is 10.3 Å². The summed E-state index contributed by atoms with van der Waals surface area (Å²) in [6, 6.07) is 5.23. The second kappa shape index (κ2) is 7.25. The normalized spacial score (nSPS) is 10.7. The van der Waals surface area contributed by atoms with Crippen molar-refractivity contribution in [2.45, 2.75) is 0 Å². The Labute approximate surface area is 141 Å². The Balaban J connectivity index is 2.12. The molecule has 8 heteroatoms. The number of oxime groups is 1. The lowest BCUT2D eigenvalue weighted by atomic mass is 10.2. The molecule has 0 bridgehead atoms. The number of rotatable bonds is 5. The summed E-state index contributed by atoms with van der Waals surface area (Å²) in [7, 11) is 4.83. The minimum Gasteiger partial charge on any atom is -0.497 e. The van der Waals surface area contributed by atoms with Crippen LogP contribution < -0.4 is 9.47 Å². The number of nitrogens with zero attached hydrogens (tertiary/aromatic N) is 3. The molecule has 0 atom stereocenters. The Bertz CT molecular complexity index is 712. The van der Waals surface area contributed by atoms with E-state index < -0.39 is 5.97 Å². The minimum absolute atomic E-state index is 0.220. The maximum Gasteiger partial charge on any atom is 0.386 e. The Morgan fingerprint density at radius 1 is 1.36 bits per heavy atom. The van der Waals surface area contributed by atoms with Gasteiger partial charge in [-0.05, 0) is 40.8 Å². The highest BCUT2D eigenvalue weighted by Crippen LogP contribution is 2.22. The van der Waals surface area contributed by atoms with Crippen LogP contribution in [-0.2, 0) is 11.9 Å². The summed E-state index contributed by atoms with van der Waals surface area (Å²) >= 11 is 2.01. The summed E-state index contributed by atoms with van der Waals surface area (Å²) in [5.74, 6) is 0.615. The predicted octanol–water partition coefficient (Wildman–Crippen LogP) is 2.23. The van der Waals surface area contributed by atoms with Crippen LogP contribution in [0.25, 0.3) is 0 Å². The van der Waals surface area contributed by atoms with Crippen molar-refractivity contribution in [3.63, 3.8) is 0 Å². The summed E-state index contributed by atoms with van der Waals surface area (Å²) < 4.78 is 12.6. The summed E-state index contributed by atoms with van der Waals surface area (Å²) in [6.07, 6.45) is 3.10. The van der Waals surface area contributed by atoms with Gasteiger partial charge in [0.2, 0.25) is 0 Å². The Kier molecular flexibility index (Phi) is 5.36. The van der Waals surface area contributed by atoms with E-state index in [0.29, 0.717) is 20.6 Å². The van der Waals surface area contributed by atoms with Crippen molar-refractivity contribution in [3.05, 3.63) is 39.2 Å². The van der Waals surface area contributed by atoms with Gasteiger partial charge in [0.25, 0.3) is 0 Å². The van der Waals surface area contributed by atoms with Gasteiger partial charge >= 0.3 is 5.97 Å². The van der Waals surface area contributed by atoms with E-state index in [1.807, 2.05) is 22.6 Å². The molecule has 2 rings (SSSR count). The van der Waals surface area contributed by atoms with Crippen molar-refractivity contribution in [2.75, 3.05) is 14.2 Å². The topological polar surface area (TPSA) is 74.9 Å². The van der Waals surface area contributed by atoms with Crippen LogP contribution in [-0.4, -0.2) is 36.2 Å². The first-order chi connectivity index (χ1) is 10.5. The molecule has 2 aromatic rings. The molecule has 0 saturated heterocycles. The van der Waals surface area contributed by atoms with Gasteiger partial charge in [-0.2, -0.15) is 5.10 Å². The monoisotopic (exact) mass is 415 g/mol. The quantitative estimate of drug-likeness (QED) is 0.324. The molecule has 0 aliphatic heterocycles. The van der Waals surface area contributed by atoms with Crippen LogP contribution in [0, 0.1) is 3.57 Å². The molecule has 116 valence electrons. The summed E-state index contributed by atoms with van der Waals surface area (Å²) in [4.78, 5) is 16.7. The van der Waals surface area contributed by atoms with Gasteiger partial charge in [-0.25, -0.2) is 4.79 Å². The van der Waals surface area contributed by atoms with Crippen LogP contribution >= 0.6 is 22.6 Å². The van der Waals surface area contributed by atoms with E-state index in [-0.39, 0.29) is 5.69 Å². The van der Waals surface area contributed by atoms with Gasteiger partial charge in [0.15, 0.2) is 5.69 Å². The van der Waals surface area contributed by atoms with Crippen LogP contribution in [0.2, 0.25) is 0 Å².